The fourth-order valence-corrected chi connectivity index (χ4v) is 3.84. The van der Waals surface area contributed by atoms with Crippen LogP contribution in [0.5, 0.6) is 0 Å². The Labute approximate surface area is 179 Å². The summed E-state index contributed by atoms with van der Waals surface area (Å²) in [5.41, 5.74) is 11.5. The number of carbonyl (C=O) groups excluding carboxylic acids is 1. The van der Waals surface area contributed by atoms with Gasteiger partial charge < -0.3 is 25.8 Å². The highest BCUT2D eigenvalue weighted by Gasteiger charge is 2.16. The quantitative estimate of drug-likeness (QED) is 0.408. The largest absolute Gasteiger partial charge is 0.369 e. The number of urea groups is 1. The van der Waals surface area contributed by atoms with Crippen molar-refractivity contribution in [3.63, 3.8) is 0 Å². The number of nitrogens with zero attached hydrogens (tertiary/aromatic N) is 4. The summed E-state index contributed by atoms with van der Waals surface area (Å²) >= 11 is 0. The molecule has 0 saturated carbocycles. The molecule has 9 heteroatoms. The van der Waals surface area contributed by atoms with Crippen molar-refractivity contribution in [2.75, 3.05) is 43.4 Å². The van der Waals surface area contributed by atoms with Gasteiger partial charge in [-0.2, -0.15) is 5.10 Å². The van der Waals surface area contributed by atoms with Crippen LogP contribution in [0.3, 0.4) is 0 Å². The molecule has 5 rings (SSSR count). The highest BCUT2D eigenvalue weighted by molar-refractivity contribution is 5.88. The van der Waals surface area contributed by atoms with Gasteiger partial charge in [-0.25, -0.2) is 9.78 Å². The van der Waals surface area contributed by atoms with E-state index in [1.54, 1.807) is 12.1 Å². The zero-order valence-electron chi connectivity index (χ0n) is 17.2. The number of hydrogen-bond acceptors (Lipinski definition) is 5. The van der Waals surface area contributed by atoms with Crippen molar-refractivity contribution < 1.29 is 4.79 Å². The number of aromatic nitrogens is 4. The molecular formula is C22H24N8O. The number of likely N-dealkylation sites (N-methyl/N-ethyl adjacent to an activating group) is 1. The number of aromatic amines is 2. The average molecular weight is 416 g/mol. The molecule has 3 heterocycles. The number of primary amides is 1. The van der Waals surface area contributed by atoms with E-state index in [9.17, 15) is 4.79 Å². The van der Waals surface area contributed by atoms with E-state index in [0.717, 1.165) is 60.0 Å². The summed E-state index contributed by atoms with van der Waals surface area (Å²) in [6, 6.07) is 15.1. The van der Waals surface area contributed by atoms with Gasteiger partial charge >= 0.3 is 6.03 Å². The van der Waals surface area contributed by atoms with Crippen molar-refractivity contribution in [1.29, 1.82) is 0 Å². The standard InChI is InChI=1S/C22H24N8O/c1-29-8-10-30(11-9-29)16-6-7-17-19(12-16)26-21(25-17)20-13-18(27-28-20)14-2-4-15(5-3-14)24-22(23)31/h2-7,12-13H,8-11H2,1H3,(H,25,26)(H,27,28)(H3,23,24,31). The SMILES string of the molecule is CN1CCN(c2ccc3nc(-c4cc(-c5ccc(NC(N)=O)cc5)n[nH]4)[nH]c3c2)CC1. The third kappa shape index (κ3) is 3.95. The topological polar surface area (TPSA) is 119 Å². The number of rotatable bonds is 4. The molecule has 0 aliphatic carbocycles. The van der Waals surface area contributed by atoms with E-state index in [4.69, 9.17) is 10.7 Å². The van der Waals surface area contributed by atoms with Crippen molar-refractivity contribution in [1.82, 2.24) is 25.1 Å². The maximum atomic E-state index is 11.0. The number of H-pyrrole nitrogens is 2. The Balaban J connectivity index is 1.37. The highest BCUT2D eigenvalue weighted by Crippen LogP contribution is 2.27. The number of anilines is 2. The Morgan fingerprint density at radius 1 is 1.06 bits per heavy atom. The van der Waals surface area contributed by atoms with Crippen molar-refractivity contribution >= 4 is 28.4 Å². The molecule has 0 atom stereocenters. The van der Waals surface area contributed by atoms with E-state index in [0.29, 0.717) is 5.69 Å². The van der Waals surface area contributed by atoms with Crippen LogP contribution in [0.15, 0.2) is 48.5 Å². The van der Waals surface area contributed by atoms with Crippen LogP contribution >= 0.6 is 0 Å². The minimum Gasteiger partial charge on any atom is -0.369 e. The summed E-state index contributed by atoms with van der Waals surface area (Å²) < 4.78 is 0. The summed E-state index contributed by atoms with van der Waals surface area (Å²) in [7, 11) is 2.16. The molecule has 4 aromatic rings. The first-order valence-electron chi connectivity index (χ1n) is 10.2. The van der Waals surface area contributed by atoms with E-state index < -0.39 is 6.03 Å². The van der Waals surface area contributed by atoms with Crippen LogP contribution in [0.2, 0.25) is 0 Å². The second-order valence-corrected chi connectivity index (χ2v) is 7.81. The van der Waals surface area contributed by atoms with E-state index >= 15 is 0 Å². The van der Waals surface area contributed by atoms with Crippen molar-refractivity contribution in [3.05, 3.63) is 48.5 Å². The van der Waals surface area contributed by atoms with Crippen LogP contribution in [-0.4, -0.2) is 64.3 Å². The molecule has 0 unspecified atom stereocenters. The Bertz CT molecular complexity index is 1220. The van der Waals surface area contributed by atoms with Gasteiger partial charge in [0.2, 0.25) is 0 Å². The molecule has 9 nitrogen and oxygen atoms in total. The normalized spacial score (nSPS) is 14.8. The van der Waals surface area contributed by atoms with Crippen LogP contribution in [0, 0.1) is 0 Å². The number of nitrogens with two attached hydrogens (primary N) is 1. The van der Waals surface area contributed by atoms with Gasteiger partial charge in [0.05, 0.1) is 16.7 Å². The summed E-state index contributed by atoms with van der Waals surface area (Å²) in [5.74, 6) is 0.747. The van der Waals surface area contributed by atoms with Gasteiger partial charge in [-0.1, -0.05) is 12.1 Å². The van der Waals surface area contributed by atoms with E-state index in [1.165, 1.54) is 5.69 Å². The lowest BCUT2D eigenvalue weighted by molar-refractivity contribution is 0.259. The molecular weight excluding hydrogens is 392 g/mol. The zero-order valence-corrected chi connectivity index (χ0v) is 17.2. The number of benzene rings is 2. The lowest BCUT2D eigenvalue weighted by atomic mass is 10.1. The Kier molecular flexibility index (Phi) is 4.79. The number of piperazine rings is 1. The van der Waals surface area contributed by atoms with Crippen LogP contribution in [0.25, 0.3) is 33.8 Å². The summed E-state index contributed by atoms with van der Waals surface area (Å²) in [4.78, 5) is 23.9. The molecule has 0 radical (unpaired) electrons. The van der Waals surface area contributed by atoms with Gasteiger partial charge in [0.15, 0.2) is 5.82 Å². The molecule has 1 fully saturated rings. The second-order valence-electron chi connectivity index (χ2n) is 7.81. The fourth-order valence-electron chi connectivity index (χ4n) is 3.84. The van der Waals surface area contributed by atoms with E-state index in [2.05, 4.69) is 55.5 Å². The molecule has 2 amide bonds. The van der Waals surface area contributed by atoms with E-state index in [1.807, 2.05) is 18.2 Å². The van der Waals surface area contributed by atoms with Gasteiger partial charge in [-0.15, -0.1) is 0 Å². The van der Waals surface area contributed by atoms with Gasteiger partial charge in [0.25, 0.3) is 0 Å². The number of carbonyl (C=O) groups is 1. The number of imidazole rings is 1. The number of amides is 2. The van der Waals surface area contributed by atoms with Crippen LogP contribution in [0.4, 0.5) is 16.2 Å². The van der Waals surface area contributed by atoms with Crippen LogP contribution in [0.1, 0.15) is 0 Å². The van der Waals surface area contributed by atoms with Crippen LogP contribution < -0.4 is 16.0 Å². The lowest BCUT2D eigenvalue weighted by Gasteiger charge is -2.34. The first-order valence-corrected chi connectivity index (χ1v) is 10.2. The molecule has 1 aliphatic rings. The summed E-state index contributed by atoms with van der Waals surface area (Å²) in [6.07, 6.45) is 0. The fraction of sp³-hybridized carbons (Fsp3) is 0.227. The van der Waals surface area contributed by atoms with Crippen molar-refractivity contribution in [2.45, 2.75) is 0 Å². The maximum Gasteiger partial charge on any atom is 0.316 e. The molecule has 0 bridgehead atoms. The first-order chi connectivity index (χ1) is 15.0. The highest BCUT2D eigenvalue weighted by atomic mass is 16.2. The molecule has 5 N–H and O–H groups in total. The van der Waals surface area contributed by atoms with E-state index in [-0.39, 0.29) is 0 Å². The van der Waals surface area contributed by atoms with Gasteiger partial charge in [0.1, 0.15) is 5.69 Å². The second kappa shape index (κ2) is 7.77. The summed E-state index contributed by atoms with van der Waals surface area (Å²) in [6.45, 7) is 4.20. The molecule has 2 aromatic heterocycles. The maximum absolute atomic E-state index is 11.0. The molecule has 0 spiro atoms. The predicted octanol–water partition coefficient (Wildman–Crippen LogP) is 2.86. The molecule has 2 aromatic carbocycles. The third-order valence-electron chi connectivity index (χ3n) is 5.62. The van der Waals surface area contributed by atoms with Crippen molar-refractivity contribution in [3.8, 4) is 22.8 Å². The average Bonchev–Trinajstić information content (AvgIpc) is 3.41. The lowest BCUT2D eigenvalue weighted by Crippen LogP contribution is -2.44. The van der Waals surface area contributed by atoms with Crippen molar-refractivity contribution in [2.24, 2.45) is 5.73 Å². The predicted molar refractivity (Wildman–Crippen MR) is 122 cm³/mol. The number of fused-ring (bicyclic) bond motifs is 1. The molecule has 31 heavy (non-hydrogen) atoms. The molecule has 158 valence electrons. The first kappa shape index (κ1) is 19.1. The van der Waals surface area contributed by atoms with Crippen LogP contribution in [-0.2, 0) is 0 Å². The Morgan fingerprint density at radius 2 is 1.84 bits per heavy atom. The summed E-state index contributed by atoms with van der Waals surface area (Å²) in [5, 5.41) is 10.0. The third-order valence-corrected chi connectivity index (χ3v) is 5.62. The number of nitrogens with one attached hydrogen (secondary N) is 3. The van der Waals surface area contributed by atoms with Gasteiger partial charge in [-0.05, 0) is 43.4 Å². The van der Waals surface area contributed by atoms with Gasteiger partial charge in [-0.3, -0.25) is 5.10 Å². The minimum atomic E-state index is -0.588. The smallest absolute Gasteiger partial charge is 0.316 e. The monoisotopic (exact) mass is 416 g/mol. The zero-order chi connectivity index (χ0) is 21.4. The molecule has 1 aliphatic heterocycles. The number of hydrogen-bond donors (Lipinski definition) is 4. The molecule has 1 saturated heterocycles. The van der Waals surface area contributed by atoms with Gasteiger partial charge in [0, 0.05) is 43.1 Å². The Hall–Kier alpha value is -3.85. The Morgan fingerprint density at radius 3 is 2.58 bits per heavy atom. The minimum absolute atomic E-state index is 0.588.